The van der Waals surface area contributed by atoms with E-state index in [0.29, 0.717) is 11.9 Å². The van der Waals surface area contributed by atoms with Crippen LogP contribution in [-0.2, 0) is 13.0 Å². The van der Waals surface area contributed by atoms with Crippen LogP contribution in [0.3, 0.4) is 0 Å². The second kappa shape index (κ2) is 10.9. The maximum atomic E-state index is 4.64. The van der Waals surface area contributed by atoms with Crippen molar-refractivity contribution in [2.75, 3.05) is 48.3 Å². The van der Waals surface area contributed by atoms with Crippen LogP contribution in [0.1, 0.15) is 16.7 Å². The van der Waals surface area contributed by atoms with Crippen molar-refractivity contribution in [3.8, 4) is 0 Å². The predicted octanol–water partition coefficient (Wildman–Crippen LogP) is 3.04. The van der Waals surface area contributed by atoms with Crippen molar-refractivity contribution in [1.82, 2.24) is 30.2 Å². The predicted molar refractivity (Wildman–Crippen MR) is 138 cm³/mol. The summed E-state index contributed by atoms with van der Waals surface area (Å²) in [7, 11) is 1.94. The molecule has 0 unspecified atom stereocenters. The molecule has 0 radical (unpaired) electrons. The molecule has 0 spiro atoms. The van der Waals surface area contributed by atoms with E-state index < -0.39 is 0 Å². The Hall–Kier alpha value is -4.11. The Morgan fingerprint density at radius 2 is 1.46 bits per heavy atom. The normalized spacial score (nSPS) is 13.6. The topological polar surface area (TPSA) is 95.0 Å². The van der Waals surface area contributed by atoms with Crippen molar-refractivity contribution in [2.24, 2.45) is 0 Å². The average Bonchev–Trinajstić information content (AvgIpc) is 2.91. The molecule has 9 nitrogen and oxygen atoms in total. The molecule has 178 valence electrons. The first-order valence-electron chi connectivity index (χ1n) is 11.8. The van der Waals surface area contributed by atoms with Crippen LogP contribution < -0.4 is 20.4 Å². The molecule has 9 heteroatoms. The van der Waals surface area contributed by atoms with Gasteiger partial charge >= 0.3 is 0 Å². The van der Waals surface area contributed by atoms with Crippen LogP contribution >= 0.6 is 0 Å². The molecular weight excluding hydrogens is 438 g/mol. The Balaban J connectivity index is 1.18. The van der Waals surface area contributed by atoms with Gasteiger partial charge in [-0.05, 0) is 35.9 Å². The minimum Gasteiger partial charge on any atom is -0.337 e. The van der Waals surface area contributed by atoms with Gasteiger partial charge in [-0.3, -0.25) is 0 Å². The first-order chi connectivity index (χ1) is 17.3. The second-order valence-corrected chi connectivity index (χ2v) is 8.49. The highest BCUT2D eigenvalue weighted by Gasteiger charge is 2.21. The Kier molecular flexibility index (Phi) is 7.05. The molecule has 1 aliphatic heterocycles. The molecule has 0 atom stereocenters. The zero-order chi connectivity index (χ0) is 23.9. The first-order valence-corrected chi connectivity index (χ1v) is 11.8. The molecule has 35 heavy (non-hydrogen) atoms. The highest BCUT2D eigenvalue weighted by Crippen LogP contribution is 2.19. The maximum Gasteiger partial charge on any atom is 0.231 e. The van der Waals surface area contributed by atoms with Crippen LogP contribution in [0.2, 0.25) is 0 Å². The molecular formula is C26H29N9. The summed E-state index contributed by atoms with van der Waals surface area (Å²) in [6.45, 7) is 3.99. The van der Waals surface area contributed by atoms with Crippen LogP contribution in [0.25, 0.3) is 0 Å². The first kappa shape index (κ1) is 22.7. The van der Waals surface area contributed by atoms with E-state index in [0.717, 1.165) is 56.3 Å². The number of rotatable bonds is 8. The van der Waals surface area contributed by atoms with Crippen LogP contribution in [0.4, 0.5) is 23.5 Å². The molecule has 0 saturated carbocycles. The fourth-order valence-corrected chi connectivity index (χ4v) is 4.13. The molecule has 3 heterocycles. The largest absolute Gasteiger partial charge is 0.337 e. The van der Waals surface area contributed by atoms with Gasteiger partial charge in [0.25, 0.3) is 0 Å². The smallest absolute Gasteiger partial charge is 0.231 e. The van der Waals surface area contributed by atoms with Gasteiger partial charge in [0, 0.05) is 57.2 Å². The Labute approximate surface area is 205 Å². The summed E-state index contributed by atoms with van der Waals surface area (Å²) >= 11 is 0. The molecule has 2 N–H and O–H groups in total. The third-order valence-electron chi connectivity index (χ3n) is 5.91. The molecule has 4 aromatic rings. The summed E-state index contributed by atoms with van der Waals surface area (Å²) in [5, 5.41) is 6.46. The molecule has 0 aliphatic carbocycles. The van der Waals surface area contributed by atoms with E-state index in [1.165, 1.54) is 11.1 Å². The number of nitrogens with one attached hydrogen (secondary N) is 2. The minimum atomic E-state index is 0.538. The Bertz CT molecular complexity index is 1220. The van der Waals surface area contributed by atoms with Gasteiger partial charge in [-0.2, -0.15) is 4.98 Å². The number of piperazine rings is 1. The highest BCUT2D eigenvalue weighted by atomic mass is 15.4. The molecule has 2 aromatic heterocycles. The SMILES string of the molecule is CNCc1cccc(Nc2ncnc(N3CCN(c4ncc(Cc5ccccc5)cn4)CC3)n2)c1. The van der Waals surface area contributed by atoms with Gasteiger partial charge in [-0.15, -0.1) is 0 Å². The number of hydrogen-bond donors (Lipinski definition) is 2. The van der Waals surface area contributed by atoms with Crippen molar-refractivity contribution in [3.05, 3.63) is 90.0 Å². The highest BCUT2D eigenvalue weighted by molar-refractivity contribution is 5.55. The third-order valence-corrected chi connectivity index (χ3v) is 5.91. The van der Waals surface area contributed by atoms with E-state index in [1.54, 1.807) is 6.33 Å². The summed E-state index contributed by atoms with van der Waals surface area (Å²) in [6.07, 6.45) is 6.25. The summed E-state index contributed by atoms with van der Waals surface area (Å²) < 4.78 is 0. The lowest BCUT2D eigenvalue weighted by Crippen LogP contribution is -2.47. The molecule has 5 rings (SSSR count). The summed E-state index contributed by atoms with van der Waals surface area (Å²) in [4.78, 5) is 27.0. The van der Waals surface area contributed by atoms with Crippen molar-refractivity contribution >= 4 is 23.5 Å². The van der Waals surface area contributed by atoms with Crippen molar-refractivity contribution in [3.63, 3.8) is 0 Å². The van der Waals surface area contributed by atoms with E-state index in [1.807, 2.05) is 37.6 Å². The average molecular weight is 468 g/mol. The second-order valence-electron chi connectivity index (χ2n) is 8.49. The van der Waals surface area contributed by atoms with Crippen molar-refractivity contribution < 1.29 is 0 Å². The summed E-state index contributed by atoms with van der Waals surface area (Å²) in [5.74, 6) is 1.98. The zero-order valence-corrected chi connectivity index (χ0v) is 19.8. The number of nitrogens with zero attached hydrogens (tertiary/aromatic N) is 7. The van der Waals surface area contributed by atoms with E-state index in [2.05, 4.69) is 81.8 Å². The fraction of sp³-hybridized carbons (Fsp3) is 0.269. The molecule has 2 aromatic carbocycles. The van der Waals surface area contributed by atoms with E-state index in [9.17, 15) is 0 Å². The molecule has 1 aliphatic rings. The van der Waals surface area contributed by atoms with Crippen molar-refractivity contribution in [1.29, 1.82) is 0 Å². The lowest BCUT2D eigenvalue weighted by molar-refractivity contribution is 0.626. The van der Waals surface area contributed by atoms with Gasteiger partial charge in [0.15, 0.2) is 0 Å². The standard InChI is InChI=1S/C26H29N9/c1-27-16-21-8-5-9-23(15-21)32-24-30-19-31-26(33-24)35-12-10-34(11-13-35)25-28-17-22(18-29-25)14-20-6-3-2-4-7-20/h2-9,15,17-19,27H,10-14,16H2,1H3,(H,30,31,32,33). The van der Waals surface area contributed by atoms with Crippen LogP contribution in [0.5, 0.6) is 0 Å². The number of aromatic nitrogens is 5. The van der Waals surface area contributed by atoms with Crippen LogP contribution in [0.15, 0.2) is 73.3 Å². The zero-order valence-electron chi connectivity index (χ0n) is 19.8. The quantitative estimate of drug-likeness (QED) is 0.405. The third kappa shape index (κ3) is 5.88. The Morgan fingerprint density at radius 1 is 0.743 bits per heavy atom. The number of benzene rings is 2. The van der Waals surface area contributed by atoms with E-state index in [4.69, 9.17) is 0 Å². The van der Waals surface area contributed by atoms with E-state index >= 15 is 0 Å². The van der Waals surface area contributed by atoms with Crippen LogP contribution in [0, 0.1) is 0 Å². The van der Waals surface area contributed by atoms with E-state index in [-0.39, 0.29) is 0 Å². The fourth-order valence-electron chi connectivity index (χ4n) is 4.13. The lowest BCUT2D eigenvalue weighted by atomic mass is 10.1. The van der Waals surface area contributed by atoms with Crippen molar-refractivity contribution in [2.45, 2.75) is 13.0 Å². The monoisotopic (exact) mass is 467 g/mol. The van der Waals surface area contributed by atoms with Gasteiger partial charge in [-0.1, -0.05) is 42.5 Å². The minimum absolute atomic E-state index is 0.538. The maximum absolute atomic E-state index is 4.64. The van der Waals surface area contributed by atoms with Gasteiger partial charge in [0.2, 0.25) is 17.8 Å². The number of hydrogen-bond acceptors (Lipinski definition) is 9. The van der Waals surface area contributed by atoms with Gasteiger partial charge < -0.3 is 20.4 Å². The van der Waals surface area contributed by atoms with Gasteiger partial charge in [0.1, 0.15) is 6.33 Å². The lowest BCUT2D eigenvalue weighted by Gasteiger charge is -2.34. The van der Waals surface area contributed by atoms with Crippen LogP contribution in [-0.4, -0.2) is 58.1 Å². The number of anilines is 4. The van der Waals surface area contributed by atoms with Gasteiger partial charge in [-0.25, -0.2) is 19.9 Å². The molecule has 0 bridgehead atoms. The summed E-state index contributed by atoms with van der Waals surface area (Å²) in [5.41, 5.74) is 4.51. The summed E-state index contributed by atoms with van der Waals surface area (Å²) in [6, 6.07) is 18.6. The Morgan fingerprint density at radius 3 is 2.20 bits per heavy atom. The molecule has 1 saturated heterocycles. The van der Waals surface area contributed by atoms with Gasteiger partial charge in [0.05, 0.1) is 0 Å². The molecule has 0 amide bonds. The molecule has 1 fully saturated rings.